The van der Waals surface area contributed by atoms with E-state index in [1.54, 1.807) is 59.9 Å². The van der Waals surface area contributed by atoms with Gasteiger partial charge in [0.1, 0.15) is 11.6 Å². The fourth-order valence-electron chi connectivity index (χ4n) is 4.93. The summed E-state index contributed by atoms with van der Waals surface area (Å²) in [6.45, 7) is 2.16. The number of hydrogen-bond donors (Lipinski definition) is 0. The maximum atomic E-state index is 15.0. The average Bonchev–Trinajstić information content (AvgIpc) is 3.33. The minimum absolute atomic E-state index is 0.0511. The number of halogens is 1. The van der Waals surface area contributed by atoms with Crippen molar-refractivity contribution in [3.8, 4) is 22.7 Å². The van der Waals surface area contributed by atoms with Crippen LogP contribution >= 0.6 is 0 Å². The molecular weight excluding hydrogens is 551 g/mol. The van der Waals surface area contributed by atoms with E-state index < -0.39 is 20.8 Å². The van der Waals surface area contributed by atoms with Crippen LogP contribution in [0.15, 0.2) is 83.8 Å². The van der Waals surface area contributed by atoms with Crippen LogP contribution in [0, 0.1) is 22.9 Å². The minimum Gasteiger partial charge on any atom is -0.497 e. The monoisotopic (exact) mass is 578 g/mol. The molecule has 10 nitrogen and oxygen atoms in total. The molecule has 0 bridgehead atoms. The first kappa shape index (κ1) is 28.0. The summed E-state index contributed by atoms with van der Waals surface area (Å²) in [6, 6.07) is 20.0. The Hall–Kier alpha value is -4.55. The molecule has 1 aromatic heterocycles. The predicted octanol–water partition coefficient (Wildman–Crippen LogP) is 4.66. The SMILES string of the molecule is COc1ccc(-c2cc(C(=O)N3CCN(S(=O)(=O)c4ccc([N+](=O)[O-])cc4)CC3)c(C)n2-c2ccccc2F)cc1. The quantitative estimate of drug-likeness (QED) is 0.233. The Morgan fingerprint density at radius 2 is 1.59 bits per heavy atom. The third kappa shape index (κ3) is 5.31. The lowest BCUT2D eigenvalue weighted by molar-refractivity contribution is -0.384. The molecule has 1 aliphatic heterocycles. The number of carbonyl (C=O) groups excluding carboxylic acids is 1. The molecule has 1 aliphatic rings. The molecule has 0 radical (unpaired) electrons. The lowest BCUT2D eigenvalue weighted by Gasteiger charge is -2.34. The van der Waals surface area contributed by atoms with Crippen LogP contribution in [0.4, 0.5) is 10.1 Å². The molecule has 41 heavy (non-hydrogen) atoms. The van der Waals surface area contributed by atoms with Gasteiger partial charge in [0, 0.05) is 44.0 Å². The van der Waals surface area contributed by atoms with E-state index in [1.165, 1.54) is 22.5 Å². The van der Waals surface area contributed by atoms with E-state index in [0.29, 0.717) is 28.4 Å². The standard InChI is InChI=1S/C29H27FN4O6S/c1-20-25(19-28(21-7-11-23(40-2)12-8-21)33(20)27-6-4-3-5-26(27)30)29(35)31-15-17-32(18-16-31)41(38,39)24-13-9-22(10-14-24)34(36)37/h3-14,19H,15-18H2,1-2H3. The predicted molar refractivity (Wildman–Crippen MR) is 150 cm³/mol. The number of carbonyl (C=O) groups is 1. The number of nitrogens with zero attached hydrogens (tertiary/aromatic N) is 4. The number of rotatable bonds is 7. The number of ether oxygens (including phenoxy) is 1. The van der Waals surface area contributed by atoms with Gasteiger partial charge in [-0.05, 0) is 67.1 Å². The van der Waals surface area contributed by atoms with Crippen LogP contribution < -0.4 is 4.74 Å². The van der Waals surface area contributed by atoms with Crippen molar-refractivity contribution in [3.05, 3.63) is 106 Å². The number of piperazine rings is 1. The summed E-state index contributed by atoms with van der Waals surface area (Å²) in [7, 11) is -2.33. The van der Waals surface area contributed by atoms with E-state index in [9.17, 15) is 27.7 Å². The molecule has 0 spiro atoms. The largest absolute Gasteiger partial charge is 0.497 e. The van der Waals surface area contributed by atoms with Gasteiger partial charge in [-0.15, -0.1) is 0 Å². The highest BCUT2D eigenvalue weighted by Crippen LogP contribution is 2.32. The van der Waals surface area contributed by atoms with E-state index in [2.05, 4.69) is 0 Å². The number of nitro groups is 1. The number of non-ortho nitro benzene ring substituents is 1. The number of benzene rings is 3. The van der Waals surface area contributed by atoms with Gasteiger partial charge in [-0.2, -0.15) is 4.31 Å². The van der Waals surface area contributed by atoms with Crippen LogP contribution in [-0.2, 0) is 10.0 Å². The lowest BCUT2D eigenvalue weighted by atomic mass is 10.1. The van der Waals surface area contributed by atoms with Crippen molar-refractivity contribution in [2.75, 3.05) is 33.3 Å². The van der Waals surface area contributed by atoms with Crippen LogP contribution in [0.5, 0.6) is 5.75 Å². The summed E-state index contributed by atoms with van der Waals surface area (Å²) < 4.78 is 49.4. The number of amides is 1. The Bertz CT molecular complexity index is 1710. The summed E-state index contributed by atoms with van der Waals surface area (Å²) >= 11 is 0. The molecule has 0 N–H and O–H groups in total. The Balaban J connectivity index is 1.42. The fraction of sp³-hybridized carbons (Fsp3) is 0.207. The first-order chi connectivity index (χ1) is 19.6. The van der Waals surface area contributed by atoms with Gasteiger partial charge in [0.25, 0.3) is 11.6 Å². The van der Waals surface area contributed by atoms with E-state index in [1.807, 2.05) is 12.1 Å². The number of hydrogen-bond acceptors (Lipinski definition) is 6. The van der Waals surface area contributed by atoms with Crippen molar-refractivity contribution in [2.45, 2.75) is 11.8 Å². The van der Waals surface area contributed by atoms with Gasteiger partial charge in [0.15, 0.2) is 0 Å². The van der Waals surface area contributed by atoms with Crippen molar-refractivity contribution >= 4 is 21.6 Å². The van der Waals surface area contributed by atoms with Crippen LogP contribution in [0.2, 0.25) is 0 Å². The molecule has 2 heterocycles. The maximum Gasteiger partial charge on any atom is 0.269 e. The molecule has 0 aliphatic carbocycles. The van der Waals surface area contributed by atoms with Crippen LogP contribution in [0.1, 0.15) is 16.1 Å². The van der Waals surface area contributed by atoms with Gasteiger partial charge in [-0.3, -0.25) is 14.9 Å². The second kappa shape index (κ2) is 11.1. The zero-order chi connectivity index (χ0) is 29.3. The van der Waals surface area contributed by atoms with Crippen molar-refractivity contribution in [1.82, 2.24) is 13.8 Å². The average molecular weight is 579 g/mol. The number of nitro benzene ring substituents is 1. The molecule has 0 atom stereocenters. The highest BCUT2D eigenvalue weighted by molar-refractivity contribution is 7.89. The van der Waals surface area contributed by atoms with Crippen molar-refractivity contribution in [1.29, 1.82) is 0 Å². The van der Waals surface area contributed by atoms with E-state index in [-0.39, 0.29) is 42.7 Å². The summed E-state index contributed by atoms with van der Waals surface area (Å²) in [5.41, 5.74) is 2.41. The van der Waals surface area contributed by atoms with Gasteiger partial charge in [0.05, 0.1) is 33.9 Å². The zero-order valence-corrected chi connectivity index (χ0v) is 23.2. The first-order valence-corrected chi connectivity index (χ1v) is 14.2. The summed E-state index contributed by atoms with van der Waals surface area (Å²) in [4.78, 5) is 25.6. The van der Waals surface area contributed by atoms with E-state index >= 15 is 0 Å². The normalized spacial score (nSPS) is 14.2. The number of sulfonamides is 1. The highest BCUT2D eigenvalue weighted by atomic mass is 32.2. The second-order valence-electron chi connectivity index (χ2n) is 9.49. The molecule has 12 heteroatoms. The van der Waals surface area contributed by atoms with Gasteiger partial charge in [0.2, 0.25) is 10.0 Å². The maximum absolute atomic E-state index is 15.0. The summed E-state index contributed by atoms with van der Waals surface area (Å²) in [6.07, 6.45) is 0. The number of para-hydroxylation sites is 1. The zero-order valence-electron chi connectivity index (χ0n) is 22.4. The lowest BCUT2D eigenvalue weighted by Crippen LogP contribution is -2.50. The summed E-state index contributed by atoms with van der Waals surface area (Å²) in [5, 5.41) is 10.9. The molecule has 5 rings (SSSR count). The Labute approximate surface area is 236 Å². The van der Waals surface area contributed by atoms with Crippen LogP contribution in [0.25, 0.3) is 16.9 Å². The smallest absolute Gasteiger partial charge is 0.269 e. The molecule has 0 saturated carbocycles. The molecule has 1 amide bonds. The Morgan fingerprint density at radius 1 is 0.951 bits per heavy atom. The summed E-state index contributed by atoms with van der Waals surface area (Å²) in [5.74, 6) is -0.0721. The molecular formula is C29H27FN4O6S. The van der Waals surface area contributed by atoms with Gasteiger partial charge in [-0.25, -0.2) is 12.8 Å². The highest BCUT2D eigenvalue weighted by Gasteiger charge is 2.32. The topological polar surface area (TPSA) is 115 Å². The Kier molecular flexibility index (Phi) is 7.61. The third-order valence-electron chi connectivity index (χ3n) is 7.17. The van der Waals surface area contributed by atoms with Gasteiger partial charge in [-0.1, -0.05) is 12.1 Å². The molecule has 1 saturated heterocycles. The van der Waals surface area contributed by atoms with E-state index in [0.717, 1.165) is 17.7 Å². The van der Waals surface area contributed by atoms with Gasteiger partial charge >= 0.3 is 0 Å². The molecule has 212 valence electrons. The molecule has 1 fully saturated rings. The second-order valence-corrected chi connectivity index (χ2v) is 11.4. The Morgan fingerprint density at radius 3 is 2.17 bits per heavy atom. The first-order valence-electron chi connectivity index (χ1n) is 12.8. The van der Waals surface area contributed by atoms with Crippen molar-refractivity contribution < 1.29 is 27.3 Å². The van der Waals surface area contributed by atoms with Crippen LogP contribution in [0.3, 0.4) is 0 Å². The molecule has 0 unspecified atom stereocenters. The third-order valence-corrected chi connectivity index (χ3v) is 9.08. The number of aromatic nitrogens is 1. The number of methoxy groups -OCH3 is 1. The van der Waals surface area contributed by atoms with Gasteiger partial charge < -0.3 is 14.2 Å². The fourth-order valence-corrected chi connectivity index (χ4v) is 6.35. The minimum atomic E-state index is -3.89. The van der Waals surface area contributed by atoms with Crippen LogP contribution in [-0.4, -0.2) is 66.3 Å². The van der Waals surface area contributed by atoms with E-state index in [4.69, 9.17) is 4.74 Å². The molecule has 3 aromatic carbocycles. The van der Waals surface area contributed by atoms with Crippen molar-refractivity contribution in [3.63, 3.8) is 0 Å². The molecule has 4 aromatic rings. The van der Waals surface area contributed by atoms with Crippen molar-refractivity contribution in [2.24, 2.45) is 0 Å².